The molecular formula is C34H25N3S. The van der Waals surface area contributed by atoms with Gasteiger partial charge >= 0.3 is 0 Å². The fourth-order valence-electron chi connectivity index (χ4n) is 5.33. The summed E-state index contributed by atoms with van der Waals surface area (Å²) in [7, 11) is 0. The van der Waals surface area contributed by atoms with Gasteiger partial charge in [-0.15, -0.1) is 11.3 Å². The number of nitrogens with zero attached hydrogens (tertiary/aromatic N) is 1. The lowest BCUT2D eigenvalue weighted by molar-refractivity contribution is 1.14. The molecule has 38 heavy (non-hydrogen) atoms. The predicted molar refractivity (Wildman–Crippen MR) is 164 cm³/mol. The van der Waals surface area contributed by atoms with Crippen LogP contribution >= 0.6 is 11.3 Å². The fourth-order valence-corrected chi connectivity index (χ4v) is 6.51. The highest BCUT2D eigenvalue weighted by atomic mass is 32.1. The first kappa shape index (κ1) is 22.4. The first-order chi connectivity index (χ1) is 18.7. The van der Waals surface area contributed by atoms with Crippen molar-refractivity contribution in [3.8, 4) is 38.5 Å². The van der Waals surface area contributed by atoms with Gasteiger partial charge in [-0.2, -0.15) is 0 Å². The number of fused-ring (bicyclic) bond motifs is 2. The highest BCUT2D eigenvalue weighted by Gasteiger charge is 2.23. The molecular weight excluding hydrogens is 482 g/mol. The molecule has 0 bridgehead atoms. The van der Waals surface area contributed by atoms with Crippen LogP contribution in [0.15, 0.2) is 127 Å². The van der Waals surface area contributed by atoms with Gasteiger partial charge in [0.25, 0.3) is 0 Å². The van der Waals surface area contributed by atoms with E-state index >= 15 is 0 Å². The summed E-state index contributed by atoms with van der Waals surface area (Å²) in [6.07, 6.45) is 0. The van der Waals surface area contributed by atoms with Gasteiger partial charge in [-0.25, -0.2) is 0 Å². The molecule has 0 unspecified atom stereocenters. The van der Waals surface area contributed by atoms with E-state index < -0.39 is 0 Å². The standard InChI is InChI=1S/C34H25N3S/c35-31-27-15-7-9-17-29(27)37(33(31)34-32(36)28-16-8-10-18-30(28)38-34)26-20-24(22-11-3-1-4-12-22)19-25(21-26)23-13-5-2-6-14-23/h1-21H,35-36H2. The third-order valence-electron chi connectivity index (χ3n) is 7.15. The lowest BCUT2D eigenvalue weighted by atomic mass is 9.98. The Hall–Kier alpha value is -4.80. The number of hydrogen-bond donors (Lipinski definition) is 2. The summed E-state index contributed by atoms with van der Waals surface area (Å²) in [4.78, 5) is 0.992. The Kier molecular flexibility index (Phi) is 5.27. The number of benzene rings is 5. The third-order valence-corrected chi connectivity index (χ3v) is 8.35. The van der Waals surface area contributed by atoms with Gasteiger partial charge in [0.15, 0.2) is 0 Å². The Balaban J connectivity index is 1.57. The van der Waals surface area contributed by atoms with Gasteiger partial charge in [-0.3, -0.25) is 0 Å². The van der Waals surface area contributed by atoms with Gasteiger partial charge in [0.05, 0.1) is 27.5 Å². The second-order valence-corrected chi connectivity index (χ2v) is 10.5. The van der Waals surface area contributed by atoms with Crippen molar-refractivity contribution in [1.29, 1.82) is 0 Å². The van der Waals surface area contributed by atoms with E-state index in [-0.39, 0.29) is 0 Å². The van der Waals surface area contributed by atoms with E-state index in [2.05, 4.69) is 108 Å². The molecule has 182 valence electrons. The molecule has 0 fully saturated rings. The largest absolute Gasteiger partial charge is 0.397 e. The van der Waals surface area contributed by atoms with Crippen LogP contribution in [0.25, 0.3) is 59.5 Å². The van der Waals surface area contributed by atoms with Crippen LogP contribution in [0.5, 0.6) is 0 Å². The maximum Gasteiger partial charge on any atom is 0.0894 e. The normalized spacial score (nSPS) is 11.4. The van der Waals surface area contributed by atoms with Crippen LogP contribution in [0.4, 0.5) is 11.4 Å². The zero-order chi connectivity index (χ0) is 25.6. The van der Waals surface area contributed by atoms with Crippen molar-refractivity contribution in [2.75, 3.05) is 11.5 Å². The summed E-state index contributed by atoms with van der Waals surface area (Å²) in [6.45, 7) is 0. The first-order valence-corrected chi connectivity index (χ1v) is 13.4. The van der Waals surface area contributed by atoms with Crippen molar-refractivity contribution in [2.24, 2.45) is 0 Å². The van der Waals surface area contributed by atoms with Gasteiger partial charge < -0.3 is 16.0 Å². The van der Waals surface area contributed by atoms with Crippen molar-refractivity contribution < 1.29 is 0 Å². The highest BCUT2D eigenvalue weighted by Crippen LogP contribution is 2.47. The number of nitrogens with two attached hydrogens (primary N) is 2. The summed E-state index contributed by atoms with van der Waals surface area (Å²) in [6, 6.07) is 44.4. The predicted octanol–water partition coefficient (Wildman–Crippen LogP) is 9.01. The van der Waals surface area contributed by atoms with Gasteiger partial charge in [0.1, 0.15) is 0 Å². The minimum absolute atomic E-state index is 0.741. The average molecular weight is 508 g/mol. The Morgan fingerprint density at radius 1 is 0.500 bits per heavy atom. The monoisotopic (exact) mass is 507 g/mol. The Morgan fingerprint density at radius 2 is 1.05 bits per heavy atom. The van der Waals surface area contributed by atoms with E-state index in [4.69, 9.17) is 11.5 Å². The molecule has 2 heterocycles. The van der Waals surface area contributed by atoms with Gasteiger partial charge in [0.2, 0.25) is 0 Å². The number of anilines is 2. The molecule has 2 aromatic heterocycles. The highest BCUT2D eigenvalue weighted by molar-refractivity contribution is 7.23. The molecule has 3 nitrogen and oxygen atoms in total. The topological polar surface area (TPSA) is 57.0 Å². The van der Waals surface area contributed by atoms with E-state index in [1.165, 1.54) is 11.1 Å². The Bertz CT molecular complexity index is 1870. The zero-order valence-corrected chi connectivity index (χ0v) is 21.5. The SMILES string of the molecule is Nc1c(-c2c(N)c3ccccc3n2-c2cc(-c3ccccc3)cc(-c3ccccc3)c2)sc2ccccc12. The maximum atomic E-state index is 6.93. The zero-order valence-electron chi connectivity index (χ0n) is 20.6. The minimum Gasteiger partial charge on any atom is -0.397 e. The lowest BCUT2D eigenvalue weighted by Crippen LogP contribution is -2.00. The van der Waals surface area contributed by atoms with E-state index in [0.717, 1.165) is 59.7 Å². The van der Waals surface area contributed by atoms with Gasteiger partial charge in [-0.1, -0.05) is 97.1 Å². The van der Waals surface area contributed by atoms with Crippen LogP contribution in [0, 0.1) is 0 Å². The van der Waals surface area contributed by atoms with Crippen molar-refractivity contribution in [3.63, 3.8) is 0 Å². The molecule has 0 atom stereocenters. The number of para-hydroxylation sites is 1. The molecule has 0 radical (unpaired) electrons. The molecule has 4 heteroatoms. The van der Waals surface area contributed by atoms with E-state index in [1.54, 1.807) is 11.3 Å². The maximum absolute atomic E-state index is 6.93. The quantitative estimate of drug-likeness (QED) is 0.250. The molecule has 0 saturated carbocycles. The molecule has 4 N–H and O–H groups in total. The number of thiophene rings is 1. The van der Waals surface area contributed by atoms with Crippen molar-refractivity contribution in [1.82, 2.24) is 4.57 Å². The van der Waals surface area contributed by atoms with Crippen LogP contribution < -0.4 is 11.5 Å². The summed E-state index contributed by atoms with van der Waals surface area (Å²) in [5.41, 5.74) is 22.9. The van der Waals surface area contributed by atoms with Crippen LogP contribution in [0.2, 0.25) is 0 Å². The molecule has 0 amide bonds. The molecule has 0 aliphatic carbocycles. The van der Waals surface area contributed by atoms with Crippen LogP contribution in [-0.2, 0) is 0 Å². The Labute approximate surface area is 225 Å². The second-order valence-electron chi connectivity index (χ2n) is 9.46. The number of rotatable bonds is 4. The number of hydrogen-bond acceptors (Lipinski definition) is 3. The summed E-state index contributed by atoms with van der Waals surface area (Å²) in [5, 5.41) is 2.08. The molecule has 7 rings (SSSR count). The minimum atomic E-state index is 0.741. The first-order valence-electron chi connectivity index (χ1n) is 12.6. The van der Waals surface area contributed by atoms with Gasteiger partial charge in [-0.05, 0) is 52.6 Å². The number of nitrogen functional groups attached to an aromatic ring is 2. The van der Waals surface area contributed by atoms with E-state index in [1.807, 2.05) is 24.3 Å². The van der Waals surface area contributed by atoms with Gasteiger partial charge in [0, 0.05) is 21.2 Å². The molecule has 7 aromatic rings. The van der Waals surface area contributed by atoms with Crippen LogP contribution in [0.1, 0.15) is 0 Å². The summed E-state index contributed by atoms with van der Waals surface area (Å²) >= 11 is 1.69. The molecule has 0 aliphatic rings. The molecule has 0 spiro atoms. The van der Waals surface area contributed by atoms with Crippen molar-refractivity contribution >= 4 is 43.7 Å². The summed E-state index contributed by atoms with van der Waals surface area (Å²) in [5.74, 6) is 0. The van der Waals surface area contributed by atoms with Crippen LogP contribution in [0.3, 0.4) is 0 Å². The van der Waals surface area contributed by atoms with Crippen LogP contribution in [-0.4, -0.2) is 4.57 Å². The smallest absolute Gasteiger partial charge is 0.0894 e. The molecule has 0 aliphatic heterocycles. The Morgan fingerprint density at radius 3 is 1.68 bits per heavy atom. The lowest BCUT2D eigenvalue weighted by Gasteiger charge is -2.16. The van der Waals surface area contributed by atoms with E-state index in [9.17, 15) is 0 Å². The third kappa shape index (κ3) is 3.58. The van der Waals surface area contributed by atoms with Crippen molar-refractivity contribution in [3.05, 3.63) is 127 Å². The molecule has 5 aromatic carbocycles. The summed E-state index contributed by atoms with van der Waals surface area (Å²) < 4.78 is 3.43. The number of aromatic nitrogens is 1. The fraction of sp³-hybridized carbons (Fsp3) is 0. The second kappa shape index (κ2) is 8.94. The van der Waals surface area contributed by atoms with E-state index in [0.29, 0.717) is 0 Å². The average Bonchev–Trinajstić information content (AvgIpc) is 3.47. The van der Waals surface area contributed by atoms with Crippen molar-refractivity contribution in [2.45, 2.75) is 0 Å². The molecule has 0 saturated heterocycles.